The Kier molecular flexibility index (Phi) is 4.20. The number of carbonyl (C=O) groups excluding carboxylic acids is 1. The van der Waals surface area contributed by atoms with Crippen molar-refractivity contribution in [3.63, 3.8) is 0 Å². The lowest BCUT2D eigenvalue weighted by atomic mass is 10.2. The standard InChI is InChI=1S/C13H11Cl2N3O3/c1-7-3-4-8(2)17(7)16-13(19)9-5-10(14)12(15)11(6-9)18(20)21/h3-6H,1-2H3,(H,16,19). The number of hydrogen-bond donors (Lipinski definition) is 1. The van der Waals surface area contributed by atoms with Crippen molar-refractivity contribution in [3.05, 3.63) is 61.4 Å². The van der Waals surface area contributed by atoms with Crippen molar-refractivity contribution in [2.24, 2.45) is 0 Å². The third kappa shape index (κ3) is 3.01. The maximum atomic E-state index is 12.2. The number of nitrogens with one attached hydrogen (secondary N) is 1. The van der Waals surface area contributed by atoms with Crippen molar-refractivity contribution in [3.8, 4) is 0 Å². The lowest BCUT2D eigenvalue weighted by molar-refractivity contribution is -0.384. The average molecular weight is 328 g/mol. The molecule has 1 heterocycles. The summed E-state index contributed by atoms with van der Waals surface area (Å²) in [6.07, 6.45) is 0. The van der Waals surface area contributed by atoms with Crippen molar-refractivity contribution < 1.29 is 9.72 Å². The zero-order chi connectivity index (χ0) is 15.7. The van der Waals surface area contributed by atoms with Crippen molar-refractivity contribution in [1.82, 2.24) is 4.68 Å². The number of benzene rings is 1. The molecule has 0 saturated carbocycles. The lowest BCUT2D eigenvalue weighted by Gasteiger charge is -2.11. The molecule has 0 aliphatic carbocycles. The third-order valence-electron chi connectivity index (χ3n) is 2.95. The molecule has 0 unspecified atom stereocenters. The number of nitro groups is 1. The van der Waals surface area contributed by atoms with Crippen LogP contribution in [0.5, 0.6) is 0 Å². The molecule has 2 rings (SSSR count). The molecular formula is C13H11Cl2N3O3. The Morgan fingerprint density at radius 3 is 2.33 bits per heavy atom. The summed E-state index contributed by atoms with van der Waals surface area (Å²) in [5.74, 6) is -0.515. The minimum atomic E-state index is -0.683. The van der Waals surface area contributed by atoms with Crippen molar-refractivity contribution in [2.45, 2.75) is 13.8 Å². The Bertz CT molecular complexity index is 721. The van der Waals surface area contributed by atoms with Gasteiger partial charge in [-0.15, -0.1) is 0 Å². The van der Waals surface area contributed by atoms with Gasteiger partial charge in [-0.05, 0) is 32.0 Å². The van der Waals surface area contributed by atoms with Crippen LogP contribution < -0.4 is 5.43 Å². The summed E-state index contributed by atoms with van der Waals surface area (Å²) in [4.78, 5) is 22.4. The normalized spacial score (nSPS) is 10.5. The molecule has 8 heteroatoms. The topological polar surface area (TPSA) is 77.2 Å². The largest absolute Gasteiger partial charge is 0.290 e. The molecule has 110 valence electrons. The monoisotopic (exact) mass is 327 g/mol. The van der Waals surface area contributed by atoms with Crippen LogP contribution in [0.4, 0.5) is 5.69 Å². The van der Waals surface area contributed by atoms with Crippen LogP contribution in [0.1, 0.15) is 21.7 Å². The second-order valence-electron chi connectivity index (χ2n) is 4.44. The molecule has 0 fully saturated rings. The van der Waals surface area contributed by atoms with Gasteiger partial charge in [0.05, 0.1) is 9.95 Å². The van der Waals surface area contributed by atoms with Gasteiger partial charge in [-0.25, -0.2) is 0 Å². The van der Waals surface area contributed by atoms with E-state index in [0.717, 1.165) is 17.5 Å². The smallest absolute Gasteiger partial charge is 0.267 e. The first-order chi connectivity index (χ1) is 9.81. The highest BCUT2D eigenvalue weighted by Gasteiger charge is 2.20. The molecule has 0 atom stereocenters. The van der Waals surface area contributed by atoms with Crippen LogP contribution >= 0.6 is 23.2 Å². The quantitative estimate of drug-likeness (QED) is 0.689. The van der Waals surface area contributed by atoms with E-state index in [4.69, 9.17) is 23.2 Å². The zero-order valence-corrected chi connectivity index (χ0v) is 12.7. The third-order valence-corrected chi connectivity index (χ3v) is 3.74. The second-order valence-corrected chi connectivity index (χ2v) is 5.23. The summed E-state index contributed by atoms with van der Waals surface area (Å²) >= 11 is 11.6. The first-order valence-electron chi connectivity index (χ1n) is 5.91. The molecule has 0 spiro atoms. The molecule has 1 aromatic heterocycles. The van der Waals surface area contributed by atoms with Crippen LogP contribution in [-0.2, 0) is 0 Å². The van der Waals surface area contributed by atoms with Crippen molar-refractivity contribution in [2.75, 3.05) is 5.43 Å². The fraction of sp³-hybridized carbons (Fsp3) is 0.154. The number of halogens is 2. The van der Waals surface area contributed by atoms with Crippen molar-refractivity contribution in [1.29, 1.82) is 0 Å². The number of carbonyl (C=O) groups is 1. The molecule has 0 aliphatic rings. The molecule has 1 aromatic carbocycles. The van der Waals surface area contributed by atoms with E-state index in [1.807, 2.05) is 26.0 Å². The van der Waals surface area contributed by atoms with Gasteiger partial charge < -0.3 is 0 Å². The summed E-state index contributed by atoms with van der Waals surface area (Å²) in [7, 11) is 0. The molecule has 21 heavy (non-hydrogen) atoms. The van der Waals surface area contributed by atoms with Crippen LogP contribution in [0, 0.1) is 24.0 Å². The SMILES string of the molecule is Cc1ccc(C)n1NC(=O)c1cc(Cl)c(Cl)c([N+](=O)[O-])c1. The average Bonchev–Trinajstić information content (AvgIpc) is 2.73. The highest BCUT2D eigenvalue weighted by Crippen LogP contribution is 2.33. The molecule has 1 amide bonds. The van der Waals surface area contributed by atoms with Gasteiger partial charge in [0.1, 0.15) is 5.02 Å². The Balaban J connectivity index is 2.38. The fourth-order valence-corrected chi connectivity index (χ4v) is 2.24. The fourth-order valence-electron chi connectivity index (χ4n) is 1.85. The molecular weight excluding hydrogens is 317 g/mol. The number of nitrogens with zero attached hydrogens (tertiary/aromatic N) is 2. The van der Waals surface area contributed by atoms with E-state index in [0.29, 0.717) is 0 Å². The molecule has 0 radical (unpaired) electrons. The number of hydrogen-bond acceptors (Lipinski definition) is 3. The Morgan fingerprint density at radius 1 is 1.24 bits per heavy atom. The predicted octanol–water partition coefficient (Wildman–Crippen LogP) is 3.70. The molecule has 2 aromatic rings. The summed E-state index contributed by atoms with van der Waals surface area (Å²) < 4.78 is 1.58. The number of nitro benzene ring substituents is 1. The van der Waals surface area contributed by atoms with E-state index in [2.05, 4.69) is 5.43 Å². The highest BCUT2D eigenvalue weighted by atomic mass is 35.5. The van der Waals surface area contributed by atoms with Gasteiger partial charge in [-0.2, -0.15) is 0 Å². The second kappa shape index (κ2) is 5.75. The Labute approximate surface area is 130 Å². The van der Waals surface area contributed by atoms with Crippen LogP contribution in [0.15, 0.2) is 24.3 Å². The van der Waals surface area contributed by atoms with Gasteiger partial charge in [-0.1, -0.05) is 23.2 Å². The maximum Gasteiger partial charge on any atom is 0.290 e. The Hall–Kier alpha value is -2.05. The lowest BCUT2D eigenvalue weighted by Crippen LogP contribution is -2.24. The van der Waals surface area contributed by atoms with Gasteiger partial charge in [-0.3, -0.25) is 25.0 Å². The van der Waals surface area contributed by atoms with Gasteiger partial charge in [0.15, 0.2) is 0 Å². The molecule has 0 saturated heterocycles. The van der Waals surface area contributed by atoms with E-state index in [-0.39, 0.29) is 15.6 Å². The summed E-state index contributed by atoms with van der Waals surface area (Å²) in [5.41, 5.74) is 3.95. The summed E-state index contributed by atoms with van der Waals surface area (Å²) in [6.45, 7) is 3.65. The number of rotatable bonds is 3. The van der Waals surface area contributed by atoms with Crippen LogP contribution in [0.3, 0.4) is 0 Å². The predicted molar refractivity (Wildman–Crippen MR) is 80.7 cm³/mol. The van der Waals surface area contributed by atoms with Crippen LogP contribution in [-0.4, -0.2) is 15.5 Å². The van der Waals surface area contributed by atoms with Gasteiger partial charge in [0.25, 0.3) is 11.6 Å². The van der Waals surface area contributed by atoms with E-state index in [1.165, 1.54) is 6.07 Å². The van der Waals surface area contributed by atoms with E-state index < -0.39 is 16.5 Å². The van der Waals surface area contributed by atoms with E-state index in [1.54, 1.807) is 4.68 Å². The van der Waals surface area contributed by atoms with Gasteiger partial charge >= 0.3 is 0 Å². The van der Waals surface area contributed by atoms with E-state index >= 15 is 0 Å². The zero-order valence-electron chi connectivity index (χ0n) is 11.2. The molecule has 1 N–H and O–H groups in total. The van der Waals surface area contributed by atoms with Crippen LogP contribution in [0.2, 0.25) is 10.0 Å². The Morgan fingerprint density at radius 2 is 1.81 bits per heavy atom. The highest BCUT2D eigenvalue weighted by molar-refractivity contribution is 6.43. The van der Waals surface area contributed by atoms with Crippen molar-refractivity contribution >= 4 is 34.8 Å². The minimum absolute atomic E-state index is 0.0445. The molecule has 0 bridgehead atoms. The number of aryl methyl sites for hydroxylation is 2. The van der Waals surface area contributed by atoms with Gasteiger partial charge in [0, 0.05) is 23.0 Å². The molecule has 0 aliphatic heterocycles. The first-order valence-corrected chi connectivity index (χ1v) is 6.66. The summed E-state index contributed by atoms with van der Waals surface area (Å²) in [6, 6.07) is 6.07. The summed E-state index contributed by atoms with van der Waals surface area (Å²) in [5, 5.41) is 10.7. The number of amides is 1. The van der Waals surface area contributed by atoms with Gasteiger partial charge in [0.2, 0.25) is 0 Å². The molecule has 6 nitrogen and oxygen atoms in total. The minimum Gasteiger partial charge on any atom is -0.267 e. The number of aromatic nitrogens is 1. The van der Waals surface area contributed by atoms with Crippen LogP contribution in [0.25, 0.3) is 0 Å². The maximum absolute atomic E-state index is 12.2. The first kappa shape index (κ1) is 15.3. The van der Waals surface area contributed by atoms with E-state index in [9.17, 15) is 14.9 Å².